The molecule has 0 unspecified atom stereocenters. The van der Waals surface area contributed by atoms with E-state index in [0.717, 1.165) is 12.8 Å². The molecule has 0 aliphatic rings. The van der Waals surface area contributed by atoms with E-state index in [1.807, 2.05) is 6.92 Å². The van der Waals surface area contributed by atoms with Crippen molar-refractivity contribution in [3.8, 4) is 0 Å². The van der Waals surface area contributed by atoms with Gasteiger partial charge in [-0.2, -0.15) is 0 Å². The van der Waals surface area contributed by atoms with Crippen molar-refractivity contribution in [2.45, 2.75) is 45.1 Å². The van der Waals surface area contributed by atoms with E-state index in [1.165, 1.54) is 4.90 Å². The van der Waals surface area contributed by atoms with Gasteiger partial charge in [0.05, 0.1) is 6.04 Å². The van der Waals surface area contributed by atoms with Gasteiger partial charge < -0.3 is 15.7 Å². The first-order valence-corrected chi connectivity index (χ1v) is 5.71. The van der Waals surface area contributed by atoms with E-state index in [-0.39, 0.29) is 12.3 Å². The first kappa shape index (κ1) is 14.9. The molecule has 0 heterocycles. The van der Waals surface area contributed by atoms with E-state index >= 15 is 0 Å². The minimum Gasteiger partial charge on any atom is -0.481 e. The second kappa shape index (κ2) is 8.10. The standard InChI is InChI=1S/C11H22N2O3/c1-3-4-6-9(12)11(16)13(2)8-5-7-10(14)15/h9H,3-8,12H2,1-2H3,(H,14,15)/t9-/m0/s1. The zero-order valence-corrected chi connectivity index (χ0v) is 10.1. The normalized spacial score (nSPS) is 12.2. The summed E-state index contributed by atoms with van der Waals surface area (Å²) in [6, 6.07) is -0.449. The number of hydrogen-bond donors (Lipinski definition) is 2. The maximum absolute atomic E-state index is 11.7. The topological polar surface area (TPSA) is 83.6 Å². The average Bonchev–Trinajstić information content (AvgIpc) is 2.24. The van der Waals surface area contributed by atoms with Gasteiger partial charge in [-0.05, 0) is 12.8 Å². The van der Waals surface area contributed by atoms with Crippen LogP contribution in [0.3, 0.4) is 0 Å². The van der Waals surface area contributed by atoms with E-state index in [1.54, 1.807) is 7.05 Å². The summed E-state index contributed by atoms with van der Waals surface area (Å²) in [5.41, 5.74) is 5.73. The predicted molar refractivity (Wildman–Crippen MR) is 62.0 cm³/mol. The lowest BCUT2D eigenvalue weighted by Gasteiger charge is -2.20. The fourth-order valence-electron chi connectivity index (χ4n) is 1.41. The van der Waals surface area contributed by atoms with Crippen molar-refractivity contribution in [1.82, 2.24) is 4.90 Å². The lowest BCUT2D eigenvalue weighted by Crippen LogP contribution is -2.42. The van der Waals surface area contributed by atoms with Gasteiger partial charge in [0.2, 0.25) is 5.91 Å². The number of carboxylic acids is 1. The summed E-state index contributed by atoms with van der Waals surface area (Å²) in [6.07, 6.45) is 3.21. The number of carboxylic acid groups (broad SMARTS) is 1. The second-order valence-electron chi connectivity index (χ2n) is 4.01. The van der Waals surface area contributed by atoms with E-state index < -0.39 is 12.0 Å². The Hall–Kier alpha value is -1.10. The molecule has 0 aromatic carbocycles. The molecule has 0 aromatic heterocycles. The third-order valence-electron chi connectivity index (χ3n) is 2.45. The number of hydrogen-bond acceptors (Lipinski definition) is 3. The van der Waals surface area contributed by atoms with Crippen LogP contribution in [0, 0.1) is 0 Å². The molecule has 0 saturated heterocycles. The number of carbonyl (C=O) groups is 2. The molecule has 0 radical (unpaired) electrons. The van der Waals surface area contributed by atoms with Crippen molar-refractivity contribution >= 4 is 11.9 Å². The van der Waals surface area contributed by atoms with Gasteiger partial charge in [-0.15, -0.1) is 0 Å². The highest BCUT2D eigenvalue weighted by atomic mass is 16.4. The first-order valence-electron chi connectivity index (χ1n) is 5.71. The Kier molecular flexibility index (Phi) is 7.54. The van der Waals surface area contributed by atoms with Crippen LogP contribution in [0.1, 0.15) is 39.0 Å². The number of amides is 1. The molecule has 16 heavy (non-hydrogen) atoms. The molecule has 0 bridgehead atoms. The van der Waals surface area contributed by atoms with Gasteiger partial charge in [-0.25, -0.2) is 0 Å². The number of carbonyl (C=O) groups excluding carboxylic acids is 1. The summed E-state index contributed by atoms with van der Waals surface area (Å²) in [6.45, 7) is 2.50. The molecule has 0 spiro atoms. The molecule has 0 saturated carbocycles. The number of unbranched alkanes of at least 4 members (excludes halogenated alkanes) is 1. The van der Waals surface area contributed by atoms with Gasteiger partial charge in [0, 0.05) is 20.0 Å². The van der Waals surface area contributed by atoms with Crippen LogP contribution in [0.4, 0.5) is 0 Å². The first-order chi connectivity index (χ1) is 7.49. The largest absolute Gasteiger partial charge is 0.481 e. The van der Waals surface area contributed by atoms with Crippen LogP contribution < -0.4 is 5.73 Å². The summed E-state index contributed by atoms with van der Waals surface area (Å²) in [7, 11) is 1.66. The summed E-state index contributed by atoms with van der Waals surface area (Å²) >= 11 is 0. The van der Waals surface area contributed by atoms with E-state index in [9.17, 15) is 9.59 Å². The van der Waals surface area contributed by atoms with Crippen LogP contribution >= 0.6 is 0 Å². The molecular formula is C11H22N2O3. The monoisotopic (exact) mass is 230 g/mol. The minimum absolute atomic E-state index is 0.0851. The van der Waals surface area contributed by atoms with Crippen molar-refractivity contribution in [2.24, 2.45) is 5.73 Å². The van der Waals surface area contributed by atoms with Crippen molar-refractivity contribution in [3.05, 3.63) is 0 Å². The highest BCUT2D eigenvalue weighted by Gasteiger charge is 2.17. The number of nitrogens with two attached hydrogens (primary N) is 1. The SMILES string of the molecule is CCCC[C@H](N)C(=O)N(C)CCCC(=O)O. The van der Waals surface area contributed by atoms with Crippen molar-refractivity contribution in [3.63, 3.8) is 0 Å². The molecule has 3 N–H and O–H groups in total. The van der Waals surface area contributed by atoms with Crippen LogP contribution in [-0.4, -0.2) is 41.5 Å². The Balaban J connectivity index is 3.83. The smallest absolute Gasteiger partial charge is 0.303 e. The highest BCUT2D eigenvalue weighted by molar-refractivity contribution is 5.81. The zero-order valence-electron chi connectivity index (χ0n) is 10.1. The van der Waals surface area contributed by atoms with Crippen molar-refractivity contribution in [1.29, 1.82) is 0 Å². The Bertz CT molecular complexity index is 231. The second-order valence-corrected chi connectivity index (χ2v) is 4.01. The summed E-state index contributed by atoms with van der Waals surface area (Å²) < 4.78 is 0. The third-order valence-corrected chi connectivity index (χ3v) is 2.45. The Morgan fingerprint density at radius 2 is 2.00 bits per heavy atom. The van der Waals surface area contributed by atoms with E-state index in [4.69, 9.17) is 10.8 Å². The fraction of sp³-hybridized carbons (Fsp3) is 0.818. The predicted octanol–water partition coefficient (Wildman–Crippen LogP) is 0.827. The molecule has 0 fully saturated rings. The molecule has 5 heteroatoms. The maximum Gasteiger partial charge on any atom is 0.303 e. The van der Waals surface area contributed by atoms with Gasteiger partial charge in [0.1, 0.15) is 0 Å². The van der Waals surface area contributed by atoms with Crippen molar-refractivity contribution < 1.29 is 14.7 Å². The highest BCUT2D eigenvalue weighted by Crippen LogP contribution is 2.02. The molecule has 0 aliphatic carbocycles. The van der Waals surface area contributed by atoms with Gasteiger partial charge in [-0.1, -0.05) is 19.8 Å². The Morgan fingerprint density at radius 1 is 1.38 bits per heavy atom. The molecule has 94 valence electrons. The number of likely N-dealkylation sites (N-methyl/N-ethyl adjacent to an activating group) is 1. The van der Waals surface area contributed by atoms with Gasteiger partial charge in [0.15, 0.2) is 0 Å². The molecule has 0 aromatic rings. The summed E-state index contributed by atoms with van der Waals surface area (Å²) in [4.78, 5) is 23.5. The fourth-order valence-corrected chi connectivity index (χ4v) is 1.41. The lowest BCUT2D eigenvalue weighted by atomic mass is 10.1. The van der Waals surface area contributed by atoms with Gasteiger partial charge in [0.25, 0.3) is 0 Å². The van der Waals surface area contributed by atoms with Crippen molar-refractivity contribution in [2.75, 3.05) is 13.6 Å². The number of aliphatic carboxylic acids is 1. The number of rotatable bonds is 8. The molecular weight excluding hydrogens is 208 g/mol. The molecule has 1 amide bonds. The molecule has 0 aliphatic heterocycles. The number of nitrogens with zero attached hydrogens (tertiary/aromatic N) is 1. The van der Waals surface area contributed by atoms with Crippen LogP contribution in [0.25, 0.3) is 0 Å². The van der Waals surface area contributed by atoms with E-state index in [0.29, 0.717) is 19.4 Å². The lowest BCUT2D eigenvalue weighted by molar-refractivity contribution is -0.138. The third kappa shape index (κ3) is 6.40. The van der Waals surface area contributed by atoms with Crippen LogP contribution in [0.5, 0.6) is 0 Å². The molecule has 5 nitrogen and oxygen atoms in total. The van der Waals surface area contributed by atoms with E-state index in [2.05, 4.69) is 0 Å². The molecule has 1 atom stereocenters. The summed E-state index contributed by atoms with van der Waals surface area (Å²) in [5.74, 6) is -0.935. The quantitative estimate of drug-likeness (QED) is 0.647. The minimum atomic E-state index is -0.837. The Morgan fingerprint density at radius 3 is 2.50 bits per heavy atom. The summed E-state index contributed by atoms with van der Waals surface area (Å²) in [5, 5.41) is 8.46. The maximum atomic E-state index is 11.7. The zero-order chi connectivity index (χ0) is 12.6. The van der Waals surface area contributed by atoms with Crippen LogP contribution in [0.15, 0.2) is 0 Å². The van der Waals surface area contributed by atoms with Gasteiger partial charge >= 0.3 is 5.97 Å². The Labute approximate surface area is 96.6 Å². The average molecular weight is 230 g/mol. The van der Waals surface area contributed by atoms with Gasteiger partial charge in [-0.3, -0.25) is 9.59 Å². The van der Waals surface area contributed by atoms with Crippen LogP contribution in [-0.2, 0) is 9.59 Å². The molecule has 0 rings (SSSR count). The van der Waals surface area contributed by atoms with Crippen LogP contribution in [0.2, 0.25) is 0 Å².